The van der Waals surface area contributed by atoms with Gasteiger partial charge >= 0.3 is 5.97 Å². The van der Waals surface area contributed by atoms with Gasteiger partial charge in [-0.25, -0.2) is 4.79 Å². The fraction of sp³-hybridized carbons (Fsp3) is 0.636. The normalized spacial score (nSPS) is 20.6. The van der Waals surface area contributed by atoms with Crippen LogP contribution in [0.3, 0.4) is 0 Å². The van der Waals surface area contributed by atoms with E-state index in [2.05, 4.69) is 11.9 Å². The molecule has 2 atom stereocenters. The Kier molecular flexibility index (Phi) is 3.70. The predicted molar refractivity (Wildman–Crippen MR) is 59.7 cm³/mol. The summed E-state index contributed by atoms with van der Waals surface area (Å²) in [6, 6.07) is -0.727. The Labute approximate surface area is 94.7 Å². The molecule has 0 aromatic heterocycles. The molecule has 4 N–H and O–H groups in total. The van der Waals surface area contributed by atoms with E-state index in [-0.39, 0.29) is 5.92 Å². The molecule has 0 saturated heterocycles. The summed E-state index contributed by atoms with van der Waals surface area (Å²) in [5.41, 5.74) is 4.39. The average molecular weight is 226 g/mol. The molecule has 1 saturated carbocycles. The molecule has 0 radical (unpaired) electrons. The molecule has 16 heavy (non-hydrogen) atoms. The van der Waals surface area contributed by atoms with Crippen LogP contribution in [0.5, 0.6) is 0 Å². The molecule has 1 aliphatic carbocycles. The lowest BCUT2D eigenvalue weighted by atomic mass is 9.95. The highest BCUT2D eigenvalue weighted by Gasteiger charge is 2.48. The number of nitrogens with one attached hydrogen (secondary N) is 1. The summed E-state index contributed by atoms with van der Waals surface area (Å²) in [5.74, 6) is -1.42. The van der Waals surface area contributed by atoms with Crippen LogP contribution in [0.25, 0.3) is 0 Å². The molecule has 0 heterocycles. The lowest BCUT2D eigenvalue weighted by molar-refractivity contribution is -0.148. The second-order valence-corrected chi connectivity index (χ2v) is 4.40. The molecule has 0 bridgehead atoms. The van der Waals surface area contributed by atoms with E-state index in [4.69, 9.17) is 10.8 Å². The van der Waals surface area contributed by atoms with Crippen molar-refractivity contribution in [1.82, 2.24) is 5.32 Å². The topological polar surface area (TPSA) is 92.4 Å². The molecule has 1 rings (SSSR count). The Bertz CT molecular complexity index is 312. The van der Waals surface area contributed by atoms with Gasteiger partial charge in [-0.15, -0.1) is 6.58 Å². The molecule has 5 heteroatoms. The molecule has 1 amide bonds. The molecule has 0 spiro atoms. The minimum Gasteiger partial charge on any atom is -0.480 e. The van der Waals surface area contributed by atoms with Crippen molar-refractivity contribution in [3.05, 3.63) is 12.7 Å². The van der Waals surface area contributed by atoms with Gasteiger partial charge in [-0.3, -0.25) is 4.79 Å². The van der Waals surface area contributed by atoms with Crippen molar-refractivity contribution < 1.29 is 14.7 Å². The van der Waals surface area contributed by atoms with Crippen molar-refractivity contribution in [2.45, 2.75) is 37.8 Å². The van der Waals surface area contributed by atoms with Crippen LogP contribution >= 0.6 is 0 Å². The fourth-order valence-electron chi connectivity index (χ4n) is 1.63. The number of carboxylic acid groups (broad SMARTS) is 1. The number of carbonyl (C=O) groups is 2. The van der Waals surface area contributed by atoms with E-state index in [0.29, 0.717) is 6.42 Å². The zero-order chi connectivity index (χ0) is 12.3. The summed E-state index contributed by atoms with van der Waals surface area (Å²) in [6.07, 6.45) is 3.55. The Balaban J connectivity index is 2.65. The van der Waals surface area contributed by atoms with Crippen LogP contribution < -0.4 is 11.1 Å². The molecular formula is C11H18N2O3. The van der Waals surface area contributed by atoms with Crippen molar-refractivity contribution in [3.8, 4) is 0 Å². The molecule has 1 aliphatic rings. The first kappa shape index (κ1) is 12.7. The maximum Gasteiger partial charge on any atom is 0.329 e. The standard InChI is InChI=1S/C11H18N2O3/c1-3-4-8(12)9(14)13-11(2,10(15)16)7-5-6-7/h3,7-8H,1,4-6,12H2,2H3,(H,13,14)(H,15,16). The van der Waals surface area contributed by atoms with Gasteiger partial charge < -0.3 is 16.2 Å². The number of amides is 1. The number of hydrogen-bond donors (Lipinski definition) is 3. The highest BCUT2D eigenvalue weighted by Crippen LogP contribution is 2.39. The summed E-state index contributed by atoms with van der Waals surface area (Å²) in [4.78, 5) is 22.8. The fourth-order valence-corrected chi connectivity index (χ4v) is 1.63. The summed E-state index contributed by atoms with van der Waals surface area (Å²) < 4.78 is 0. The lowest BCUT2D eigenvalue weighted by Crippen LogP contribution is -2.57. The Morgan fingerprint density at radius 3 is 2.62 bits per heavy atom. The van der Waals surface area contributed by atoms with Gasteiger partial charge in [-0.05, 0) is 32.1 Å². The smallest absolute Gasteiger partial charge is 0.329 e. The van der Waals surface area contributed by atoms with Crippen LogP contribution in [0.15, 0.2) is 12.7 Å². The highest BCUT2D eigenvalue weighted by atomic mass is 16.4. The first-order valence-electron chi connectivity index (χ1n) is 5.33. The number of hydrogen-bond acceptors (Lipinski definition) is 3. The quantitative estimate of drug-likeness (QED) is 0.566. The van der Waals surface area contributed by atoms with Crippen molar-refractivity contribution in [2.75, 3.05) is 0 Å². The molecule has 1 fully saturated rings. The third kappa shape index (κ3) is 2.61. The summed E-state index contributed by atoms with van der Waals surface area (Å²) in [6.45, 7) is 5.02. The Morgan fingerprint density at radius 1 is 1.69 bits per heavy atom. The lowest BCUT2D eigenvalue weighted by Gasteiger charge is -2.27. The van der Waals surface area contributed by atoms with Crippen LogP contribution in [-0.2, 0) is 9.59 Å². The summed E-state index contributed by atoms with van der Waals surface area (Å²) in [7, 11) is 0. The van der Waals surface area contributed by atoms with Gasteiger partial charge in [0.1, 0.15) is 5.54 Å². The van der Waals surface area contributed by atoms with Gasteiger partial charge in [0.15, 0.2) is 0 Å². The first-order chi connectivity index (χ1) is 7.41. The Morgan fingerprint density at radius 2 is 2.25 bits per heavy atom. The van der Waals surface area contributed by atoms with Crippen molar-refractivity contribution >= 4 is 11.9 Å². The molecule has 5 nitrogen and oxygen atoms in total. The van der Waals surface area contributed by atoms with E-state index in [1.165, 1.54) is 6.92 Å². The monoisotopic (exact) mass is 226 g/mol. The minimum absolute atomic E-state index is 0.0184. The van der Waals surface area contributed by atoms with Crippen molar-refractivity contribution in [3.63, 3.8) is 0 Å². The minimum atomic E-state index is -1.18. The zero-order valence-electron chi connectivity index (χ0n) is 9.40. The van der Waals surface area contributed by atoms with Crippen LogP contribution in [0.1, 0.15) is 26.2 Å². The van der Waals surface area contributed by atoms with Gasteiger partial charge in [0.05, 0.1) is 6.04 Å². The van der Waals surface area contributed by atoms with Crippen LogP contribution in [0.2, 0.25) is 0 Å². The summed E-state index contributed by atoms with van der Waals surface area (Å²) in [5, 5.41) is 11.7. The molecule has 0 aliphatic heterocycles. The number of carboxylic acids is 1. The van der Waals surface area contributed by atoms with Gasteiger partial charge in [0.25, 0.3) is 0 Å². The zero-order valence-corrected chi connectivity index (χ0v) is 9.40. The SMILES string of the molecule is C=CCC(N)C(=O)NC(C)(C(=O)O)C1CC1. The van der Waals surface area contributed by atoms with E-state index in [1.807, 2.05) is 0 Å². The number of rotatable bonds is 6. The molecule has 0 aromatic carbocycles. The molecule has 0 aromatic rings. The van der Waals surface area contributed by atoms with E-state index in [0.717, 1.165) is 12.8 Å². The maximum absolute atomic E-state index is 11.6. The predicted octanol–water partition coefficient (Wildman–Crippen LogP) is 0.259. The summed E-state index contributed by atoms with van der Waals surface area (Å²) >= 11 is 0. The van der Waals surface area contributed by atoms with Crippen LogP contribution in [0.4, 0.5) is 0 Å². The van der Waals surface area contributed by atoms with E-state index >= 15 is 0 Å². The van der Waals surface area contributed by atoms with Crippen molar-refractivity contribution in [2.24, 2.45) is 11.7 Å². The van der Waals surface area contributed by atoms with E-state index < -0.39 is 23.5 Å². The van der Waals surface area contributed by atoms with Gasteiger partial charge in [0.2, 0.25) is 5.91 Å². The third-order valence-electron chi connectivity index (χ3n) is 2.98. The largest absolute Gasteiger partial charge is 0.480 e. The van der Waals surface area contributed by atoms with E-state index in [1.54, 1.807) is 6.08 Å². The average Bonchev–Trinajstić information content (AvgIpc) is 3.00. The van der Waals surface area contributed by atoms with Gasteiger partial charge in [-0.1, -0.05) is 6.08 Å². The van der Waals surface area contributed by atoms with Crippen LogP contribution in [0, 0.1) is 5.92 Å². The van der Waals surface area contributed by atoms with Crippen LogP contribution in [-0.4, -0.2) is 28.6 Å². The molecular weight excluding hydrogens is 208 g/mol. The van der Waals surface area contributed by atoms with E-state index in [9.17, 15) is 9.59 Å². The molecule has 90 valence electrons. The molecule has 2 unspecified atom stereocenters. The number of carbonyl (C=O) groups excluding carboxylic acids is 1. The Hall–Kier alpha value is -1.36. The van der Waals surface area contributed by atoms with Gasteiger partial charge in [0, 0.05) is 0 Å². The first-order valence-corrected chi connectivity index (χ1v) is 5.33. The van der Waals surface area contributed by atoms with Gasteiger partial charge in [-0.2, -0.15) is 0 Å². The maximum atomic E-state index is 11.6. The van der Waals surface area contributed by atoms with Crippen molar-refractivity contribution in [1.29, 1.82) is 0 Å². The number of aliphatic carboxylic acids is 1. The third-order valence-corrected chi connectivity index (χ3v) is 2.98. The second kappa shape index (κ2) is 4.65. The second-order valence-electron chi connectivity index (χ2n) is 4.40. The number of nitrogens with two attached hydrogens (primary N) is 1. The highest BCUT2D eigenvalue weighted by molar-refractivity contribution is 5.89.